The van der Waals surface area contributed by atoms with Gasteiger partial charge in [-0.25, -0.2) is 8.42 Å². The molecule has 152 valence electrons. The second-order valence-electron chi connectivity index (χ2n) is 6.52. The van der Waals surface area contributed by atoms with Gasteiger partial charge >= 0.3 is 0 Å². The lowest BCUT2D eigenvalue weighted by molar-refractivity contribution is 0.102. The molecule has 0 radical (unpaired) electrons. The van der Waals surface area contributed by atoms with Gasteiger partial charge in [0.05, 0.1) is 4.90 Å². The van der Waals surface area contributed by atoms with Gasteiger partial charge in [0.25, 0.3) is 5.91 Å². The molecule has 0 unspecified atom stereocenters. The van der Waals surface area contributed by atoms with Gasteiger partial charge in [0.2, 0.25) is 15.2 Å². The van der Waals surface area contributed by atoms with Crippen molar-refractivity contribution in [3.8, 4) is 0 Å². The molecule has 28 heavy (non-hydrogen) atoms. The fourth-order valence-corrected chi connectivity index (χ4v) is 6.14. The molecule has 0 atom stereocenters. The summed E-state index contributed by atoms with van der Waals surface area (Å²) >= 11 is 2.91. The topological polar surface area (TPSA) is 92.3 Å². The minimum Gasteiger partial charge on any atom is -0.296 e. The van der Waals surface area contributed by atoms with Crippen LogP contribution in [-0.4, -0.2) is 47.7 Å². The molecule has 2 aromatic rings. The first-order chi connectivity index (χ1) is 13.5. The Bertz CT molecular complexity index is 906. The fourth-order valence-electron chi connectivity index (χ4n) is 2.91. The molecule has 2 heterocycles. The first-order valence-corrected chi connectivity index (χ1v) is 12.6. The monoisotopic (exact) mass is 440 g/mol. The average molecular weight is 441 g/mol. The lowest BCUT2D eigenvalue weighted by atomic mass is 10.2. The average Bonchev–Trinajstić information content (AvgIpc) is 2.95. The van der Waals surface area contributed by atoms with Crippen molar-refractivity contribution in [1.29, 1.82) is 0 Å². The number of hydrogen-bond acceptors (Lipinski definition) is 7. The number of carbonyl (C=O) groups is 1. The van der Waals surface area contributed by atoms with E-state index in [1.165, 1.54) is 21.7 Å². The van der Waals surface area contributed by atoms with Crippen molar-refractivity contribution in [2.24, 2.45) is 0 Å². The normalized spacial score (nSPS) is 15.9. The van der Waals surface area contributed by atoms with Gasteiger partial charge in [-0.1, -0.05) is 48.9 Å². The molecule has 0 bridgehead atoms. The van der Waals surface area contributed by atoms with E-state index in [4.69, 9.17) is 0 Å². The van der Waals surface area contributed by atoms with E-state index < -0.39 is 15.9 Å². The van der Waals surface area contributed by atoms with Crippen molar-refractivity contribution in [2.45, 2.75) is 48.3 Å². The second-order valence-corrected chi connectivity index (χ2v) is 10.8. The van der Waals surface area contributed by atoms with Crippen LogP contribution >= 0.6 is 23.1 Å². The molecular weight excluding hydrogens is 416 g/mol. The largest absolute Gasteiger partial charge is 0.296 e. The number of benzene rings is 1. The van der Waals surface area contributed by atoms with E-state index >= 15 is 0 Å². The molecule has 1 aromatic carbocycles. The molecule has 1 aliphatic heterocycles. The highest BCUT2D eigenvalue weighted by Gasteiger charge is 2.26. The summed E-state index contributed by atoms with van der Waals surface area (Å²) in [5.74, 6) is 0.551. The minimum atomic E-state index is -3.60. The number of amides is 1. The lowest BCUT2D eigenvalue weighted by Gasteiger charge is -2.20. The molecule has 0 aliphatic carbocycles. The van der Waals surface area contributed by atoms with E-state index in [-0.39, 0.29) is 10.5 Å². The van der Waals surface area contributed by atoms with Crippen LogP contribution in [0.3, 0.4) is 0 Å². The third-order valence-electron chi connectivity index (χ3n) is 4.36. The highest BCUT2D eigenvalue weighted by molar-refractivity contribution is 8.01. The number of nitrogens with zero attached hydrogens (tertiary/aromatic N) is 3. The predicted molar refractivity (Wildman–Crippen MR) is 113 cm³/mol. The van der Waals surface area contributed by atoms with Crippen molar-refractivity contribution >= 4 is 44.2 Å². The van der Waals surface area contributed by atoms with Crippen LogP contribution in [0.15, 0.2) is 33.5 Å². The minimum absolute atomic E-state index is 0.151. The Balaban J connectivity index is 1.73. The van der Waals surface area contributed by atoms with Crippen LogP contribution in [-0.2, 0) is 10.0 Å². The van der Waals surface area contributed by atoms with E-state index in [1.807, 2.05) is 0 Å². The van der Waals surface area contributed by atoms with Crippen LogP contribution in [0.4, 0.5) is 5.13 Å². The Morgan fingerprint density at radius 2 is 1.96 bits per heavy atom. The molecule has 1 aromatic heterocycles. The third kappa shape index (κ3) is 5.31. The Labute approximate surface area is 174 Å². The van der Waals surface area contributed by atoms with Gasteiger partial charge in [0, 0.05) is 24.4 Å². The van der Waals surface area contributed by atoms with E-state index in [2.05, 4.69) is 22.4 Å². The van der Waals surface area contributed by atoms with Crippen LogP contribution < -0.4 is 5.32 Å². The van der Waals surface area contributed by atoms with Crippen molar-refractivity contribution in [3.63, 3.8) is 0 Å². The highest BCUT2D eigenvalue weighted by Crippen LogP contribution is 2.26. The van der Waals surface area contributed by atoms with Crippen molar-refractivity contribution < 1.29 is 13.2 Å². The maximum Gasteiger partial charge on any atom is 0.257 e. The molecule has 7 nitrogen and oxygen atoms in total. The molecular formula is C18H24N4O3S3. The van der Waals surface area contributed by atoms with Gasteiger partial charge in [0.1, 0.15) is 0 Å². The number of sulfonamides is 1. The highest BCUT2D eigenvalue weighted by atomic mass is 32.2. The van der Waals surface area contributed by atoms with Crippen molar-refractivity contribution in [1.82, 2.24) is 14.5 Å². The van der Waals surface area contributed by atoms with Crippen LogP contribution in [0.5, 0.6) is 0 Å². The Hall–Kier alpha value is -1.49. The summed E-state index contributed by atoms with van der Waals surface area (Å²) in [7, 11) is -3.60. The molecule has 0 spiro atoms. The van der Waals surface area contributed by atoms with E-state index in [1.54, 1.807) is 30.0 Å². The first-order valence-electron chi connectivity index (χ1n) is 9.38. The summed E-state index contributed by atoms with van der Waals surface area (Å²) in [5.41, 5.74) is 0.286. The van der Waals surface area contributed by atoms with Gasteiger partial charge < -0.3 is 0 Å². The maximum atomic E-state index is 12.9. The zero-order valence-corrected chi connectivity index (χ0v) is 18.2. The molecule has 3 rings (SSSR count). The number of aromatic nitrogens is 2. The molecule has 1 fully saturated rings. The smallest absolute Gasteiger partial charge is 0.257 e. The quantitative estimate of drug-likeness (QED) is 0.519. The number of carbonyl (C=O) groups excluding carboxylic acids is 1. The third-order valence-corrected chi connectivity index (χ3v) is 8.43. The second kappa shape index (κ2) is 9.82. The van der Waals surface area contributed by atoms with Crippen LogP contribution in [0.25, 0.3) is 0 Å². The van der Waals surface area contributed by atoms with Gasteiger partial charge in [-0.05, 0) is 37.5 Å². The molecule has 1 N–H and O–H groups in total. The number of nitrogens with one attached hydrogen (secondary N) is 1. The Kier molecular flexibility index (Phi) is 7.44. The number of rotatable bonds is 7. The van der Waals surface area contributed by atoms with Crippen molar-refractivity contribution in [2.75, 3.05) is 24.2 Å². The Morgan fingerprint density at radius 1 is 1.21 bits per heavy atom. The van der Waals surface area contributed by atoms with Crippen LogP contribution in [0.2, 0.25) is 0 Å². The summed E-state index contributed by atoms with van der Waals surface area (Å²) < 4.78 is 28.2. The summed E-state index contributed by atoms with van der Waals surface area (Å²) in [6, 6.07) is 6.18. The zero-order valence-electron chi connectivity index (χ0n) is 15.8. The molecule has 1 amide bonds. The van der Waals surface area contributed by atoms with E-state index in [0.717, 1.165) is 42.2 Å². The van der Waals surface area contributed by atoms with Gasteiger partial charge in [0.15, 0.2) is 4.34 Å². The maximum absolute atomic E-state index is 12.9. The summed E-state index contributed by atoms with van der Waals surface area (Å²) in [6.45, 7) is 3.15. The van der Waals surface area contributed by atoms with E-state index in [0.29, 0.717) is 18.2 Å². The Morgan fingerprint density at radius 3 is 2.68 bits per heavy atom. The summed E-state index contributed by atoms with van der Waals surface area (Å²) in [4.78, 5) is 12.7. The standard InChI is InChI=1S/C18H24N4O3S3/c1-2-12-26-18-21-20-17(27-18)19-16(23)14-8-7-9-15(13-14)28(24,25)22-10-5-3-4-6-11-22/h7-9,13H,2-6,10-12H2,1H3,(H,19,20,23). The van der Waals surface area contributed by atoms with Gasteiger partial charge in [-0.15, -0.1) is 10.2 Å². The first kappa shape index (κ1) is 21.2. The van der Waals surface area contributed by atoms with E-state index in [9.17, 15) is 13.2 Å². The lowest BCUT2D eigenvalue weighted by Crippen LogP contribution is -2.32. The molecule has 1 saturated heterocycles. The molecule has 1 aliphatic rings. The van der Waals surface area contributed by atoms with Crippen molar-refractivity contribution in [3.05, 3.63) is 29.8 Å². The predicted octanol–water partition coefficient (Wildman–Crippen LogP) is 3.86. The summed E-state index contributed by atoms with van der Waals surface area (Å²) in [6.07, 6.45) is 4.87. The van der Waals surface area contributed by atoms with Crippen LogP contribution in [0.1, 0.15) is 49.4 Å². The molecule has 10 heteroatoms. The van der Waals surface area contributed by atoms with Gasteiger partial charge in [-0.3, -0.25) is 10.1 Å². The zero-order chi connectivity index (χ0) is 20.0. The number of hydrogen-bond donors (Lipinski definition) is 1. The fraction of sp³-hybridized carbons (Fsp3) is 0.500. The number of anilines is 1. The molecule has 0 saturated carbocycles. The number of thioether (sulfide) groups is 1. The van der Waals surface area contributed by atoms with Gasteiger partial charge in [-0.2, -0.15) is 4.31 Å². The summed E-state index contributed by atoms with van der Waals surface area (Å²) in [5, 5.41) is 11.1. The van der Waals surface area contributed by atoms with Crippen LogP contribution in [0, 0.1) is 0 Å². The SMILES string of the molecule is CCCSc1nnc(NC(=O)c2cccc(S(=O)(=O)N3CCCCCC3)c2)s1.